The molecule has 0 radical (unpaired) electrons. The number of aromatic nitrogens is 1. The van der Waals surface area contributed by atoms with E-state index in [1.807, 2.05) is 44.2 Å². The second-order valence-corrected chi connectivity index (χ2v) is 4.35. The Morgan fingerprint density at radius 1 is 1.35 bits per heavy atom. The zero-order valence-electron chi connectivity index (χ0n) is 10.0. The first-order valence-corrected chi connectivity index (χ1v) is 5.66. The van der Waals surface area contributed by atoms with Gasteiger partial charge in [-0.15, -0.1) is 0 Å². The maximum atomic E-state index is 11.5. The van der Waals surface area contributed by atoms with Gasteiger partial charge in [0.15, 0.2) is 0 Å². The van der Waals surface area contributed by atoms with Crippen LogP contribution in [0.1, 0.15) is 13.8 Å². The van der Waals surface area contributed by atoms with Gasteiger partial charge in [0.1, 0.15) is 0 Å². The lowest BCUT2D eigenvalue weighted by Gasteiger charge is -2.10. The van der Waals surface area contributed by atoms with Crippen LogP contribution in [0.5, 0.6) is 0 Å². The van der Waals surface area contributed by atoms with Crippen molar-refractivity contribution >= 4 is 17.0 Å². The van der Waals surface area contributed by atoms with Crippen LogP contribution in [0, 0.1) is 5.92 Å². The molecule has 1 aromatic heterocycles. The molecule has 0 aliphatic carbocycles. The number of nitrogens with zero attached hydrogens (tertiary/aromatic N) is 1. The lowest BCUT2D eigenvalue weighted by Crippen LogP contribution is -2.24. The number of amides is 1. The monoisotopic (exact) mass is 232 g/mol. The highest BCUT2D eigenvalue weighted by atomic mass is 16.6. The second-order valence-electron chi connectivity index (χ2n) is 4.35. The highest BCUT2D eigenvalue weighted by Crippen LogP contribution is 2.13. The Hall–Kier alpha value is -1.97. The predicted molar refractivity (Wildman–Crippen MR) is 67.5 cm³/mol. The van der Waals surface area contributed by atoms with E-state index in [2.05, 4.69) is 5.43 Å². The number of hydrogen-bond acceptors (Lipinski definition) is 2. The van der Waals surface area contributed by atoms with Crippen LogP contribution in [-0.4, -0.2) is 17.4 Å². The maximum Gasteiger partial charge on any atom is 0.426 e. The van der Waals surface area contributed by atoms with Gasteiger partial charge >= 0.3 is 6.09 Å². The van der Waals surface area contributed by atoms with Gasteiger partial charge in [0.25, 0.3) is 0 Å². The van der Waals surface area contributed by atoms with E-state index in [9.17, 15) is 4.79 Å². The fourth-order valence-corrected chi connectivity index (χ4v) is 1.55. The summed E-state index contributed by atoms with van der Waals surface area (Å²) >= 11 is 0. The van der Waals surface area contributed by atoms with Gasteiger partial charge in [-0.25, -0.2) is 10.2 Å². The van der Waals surface area contributed by atoms with E-state index in [0.717, 1.165) is 10.9 Å². The Labute approximate surface area is 100 Å². The minimum atomic E-state index is -0.431. The fourth-order valence-electron chi connectivity index (χ4n) is 1.55. The highest BCUT2D eigenvalue weighted by molar-refractivity contribution is 5.84. The maximum absolute atomic E-state index is 11.5. The minimum Gasteiger partial charge on any atom is -0.448 e. The van der Waals surface area contributed by atoms with Gasteiger partial charge in [0.2, 0.25) is 0 Å². The summed E-state index contributed by atoms with van der Waals surface area (Å²) < 4.78 is 6.72. The first-order chi connectivity index (χ1) is 8.16. The lowest BCUT2D eigenvalue weighted by molar-refractivity contribution is 0.144. The molecule has 0 atom stereocenters. The topological polar surface area (TPSA) is 43.3 Å². The molecule has 1 amide bonds. The van der Waals surface area contributed by atoms with Crippen molar-refractivity contribution in [1.82, 2.24) is 4.68 Å². The van der Waals surface area contributed by atoms with E-state index in [4.69, 9.17) is 4.74 Å². The number of para-hydroxylation sites is 1. The molecule has 0 unspecified atom stereocenters. The molecule has 0 fully saturated rings. The number of nitrogens with one attached hydrogen (secondary N) is 1. The van der Waals surface area contributed by atoms with Crippen molar-refractivity contribution in [2.24, 2.45) is 5.92 Å². The summed E-state index contributed by atoms with van der Waals surface area (Å²) in [6.45, 7) is 4.42. The summed E-state index contributed by atoms with van der Waals surface area (Å²) in [5, 5.41) is 1.08. The van der Waals surface area contributed by atoms with E-state index in [-0.39, 0.29) is 0 Å². The first kappa shape index (κ1) is 11.5. The van der Waals surface area contributed by atoms with E-state index >= 15 is 0 Å². The lowest BCUT2D eigenvalue weighted by atomic mass is 10.2. The predicted octanol–water partition coefficient (Wildman–Crippen LogP) is 2.98. The summed E-state index contributed by atoms with van der Waals surface area (Å²) in [7, 11) is 0. The third-order valence-electron chi connectivity index (χ3n) is 2.36. The second kappa shape index (κ2) is 4.91. The van der Waals surface area contributed by atoms with Gasteiger partial charge in [-0.2, -0.15) is 0 Å². The standard InChI is InChI=1S/C13H16N2O2/c1-10(2)9-17-13(16)14-15-8-7-11-5-3-4-6-12(11)15/h3-8,10H,9H2,1-2H3,(H,14,16). The summed E-state index contributed by atoms with van der Waals surface area (Å²) in [6, 6.07) is 9.77. The Morgan fingerprint density at radius 3 is 2.88 bits per heavy atom. The molecule has 17 heavy (non-hydrogen) atoms. The fraction of sp³-hybridized carbons (Fsp3) is 0.308. The van der Waals surface area contributed by atoms with Crippen LogP contribution < -0.4 is 5.43 Å². The first-order valence-electron chi connectivity index (χ1n) is 5.66. The molecule has 0 saturated carbocycles. The summed E-state index contributed by atoms with van der Waals surface area (Å²) in [6.07, 6.45) is 1.38. The average molecular weight is 232 g/mol. The van der Waals surface area contributed by atoms with Gasteiger partial charge in [-0.05, 0) is 18.1 Å². The number of carbonyl (C=O) groups is 1. The van der Waals surface area contributed by atoms with Crippen molar-refractivity contribution < 1.29 is 9.53 Å². The van der Waals surface area contributed by atoms with Gasteiger partial charge in [0.05, 0.1) is 12.1 Å². The normalized spacial score (nSPS) is 10.8. The van der Waals surface area contributed by atoms with Crippen molar-refractivity contribution in [3.63, 3.8) is 0 Å². The van der Waals surface area contributed by atoms with Gasteiger partial charge in [0, 0.05) is 11.6 Å². The van der Waals surface area contributed by atoms with Crippen LogP contribution in [0.25, 0.3) is 10.9 Å². The molecule has 0 bridgehead atoms. The molecule has 4 nitrogen and oxygen atoms in total. The zero-order chi connectivity index (χ0) is 12.3. The number of hydrogen-bond donors (Lipinski definition) is 1. The smallest absolute Gasteiger partial charge is 0.426 e. The largest absolute Gasteiger partial charge is 0.448 e. The molecule has 0 aliphatic heterocycles. The van der Waals surface area contributed by atoms with Gasteiger partial charge in [-0.1, -0.05) is 32.0 Å². The zero-order valence-corrected chi connectivity index (χ0v) is 10.0. The molecule has 1 N–H and O–H groups in total. The van der Waals surface area contributed by atoms with Crippen LogP contribution in [-0.2, 0) is 4.74 Å². The minimum absolute atomic E-state index is 0.335. The van der Waals surface area contributed by atoms with Gasteiger partial charge in [-0.3, -0.25) is 4.68 Å². The van der Waals surface area contributed by atoms with Crippen LogP contribution in [0.2, 0.25) is 0 Å². The number of rotatable bonds is 3. The Balaban J connectivity index is 2.06. The van der Waals surface area contributed by atoms with Crippen LogP contribution in [0.15, 0.2) is 36.5 Å². The molecule has 2 aromatic rings. The quantitative estimate of drug-likeness (QED) is 0.884. The summed E-state index contributed by atoms with van der Waals surface area (Å²) in [5.41, 5.74) is 3.63. The highest BCUT2D eigenvalue weighted by Gasteiger charge is 2.06. The molecule has 0 spiro atoms. The number of carbonyl (C=O) groups excluding carboxylic acids is 1. The average Bonchev–Trinajstić information content (AvgIpc) is 2.70. The molecular formula is C13H16N2O2. The summed E-state index contributed by atoms with van der Waals surface area (Å²) in [5.74, 6) is 0.335. The summed E-state index contributed by atoms with van der Waals surface area (Å²) in [4.78, 5) is 11.5. The molecule has 1 aromatic carbocycles. The molecule has 2 rings (SSSR count). The molecular weight excluding hydrogens is 216 g/mol. The van der Waals surface area contributed by atoms with Crippen LogP contribution in [0.4, 0.5) is 4.79 Å². The Bertz CT molecular complexity index is 517. The molecule has 90 valence electrons. The molecule has 0 aliphatic rings. The Kier molecular flexibility index (Phi) is 3.32. The van der Waals surface area contributed by atoms with E-state index < -0.39 is 6.09 Å². The SMILES string of the molecule is CC(C)COC(=O)Nn1ccc2ccccc21. The van der Waals surface area contributed by atoms with E-state index in [0.29, 0.717) is 12.5 Å². The van der Waals surface area contributed by atoms with E-state index in [1.165, 1.54) is 0 Å². The van der Waals surface area contributed by atoms with Crippen LogP contribution >= 0.6 is 0 Å². The number of ether oxygens (including phenoxy) is 1. The number of benzene rings is 1. The molecule has 0 saturated heterocycles. The van der Waals surface area contributed by atoms with Gasteiger partial charge < -0.3 is 4.74 Å². The van der Waals surface area contributed by atoms with Crippen molar-refractivity contribution in [1.29, 1.82) is 0 Å². The van der Waals surface area contributed by atoms with Crippen molar-refractivity contribution in [2.45, 2.75) is 13.8 Å². The van der Waals surface area contributed by atoms with Crippen molar-refractivity contribution in [3.05, 3.63) is 36.5 Å². The Morgan fingerprint density at radius 2 is 2.12 bits per heavy atom. The number of fused-ring (bicyclic) bond motifs is 1. The molecule has 4 heteroatoms. The third-order valence-corrected chi connectivity index (χ3v) is 2.36. The van der Waals surface area contributed by atoms with Crippen molar-refractivity contribution in [3.8, 4) is 0 Å². The van der Waals surface area contributed by atoms with E-state index in [1.54, 1.807) is 10.9 Å². The molecule has 1 heterocycles. The third kappa shape index (κ3) is 2.78. The van der Waals surface area contributed by atoms with Crippen LogP contribution in [0.3, 0.4) is 0 Å². The van der Waals surface area contributed by atoms with Crippen molar-refractivity contribution in [2.75, 3.05) is 12.0 Å².